The maximum atomic E-state index is 2.26. The Morgan fingerprint density at radius 2 is 2.00 bits per heavy atom. The average Bonchev–Trinajstić information content (AvgIpc) is 2.21. The van der Waals surface area contributed by atoms with E-state index in [4.69, 9.17) is 0 Å². The van der Waals surface area contributed by atoms with Gasteiger partial charge in [-0.05, 0) is 0 Å². The van der Waals surface area contributed by atoms with E-state index in [1.807, 2.05) is 0 Å². The van der Waals surface area contributed by atoms with Gasteiger partial charge in [0.2, 0.25) is 0 Å². The zero-order valence-electron chi connectivity index (χ0n) is 8.21. The Bertz CT molecular complexity index is 237. The summed E-state index contributed by atoms with van der Waals surface area (Å²) in [5.74, 6) is 3.12. The van der Waals surface area contributed by atoms with Crippen LogP contribution in [0.3, 0.4) is 0 Å². The van der Waals surface area contributed by atoms with E-state index in [-0.39, 0.29) is 0 Å². The fourth-order valence-corrected chi connectivity index (χ4v) is 2.34. The van der Waals surface area contributed by atoms with Crippen LogP contribution < -0.4 is 0 Å². The number of hydrogen-bond acceptors (Lipinski definition) is 0. The Hall–Kier alpha value is -0.585. The SMILES string of the molecule is b1ccccc1CC1CCCCC1. The predicted molar refractivity (Wildman–Crippen MR) is 58.1 cm³/mol. The Morgan fingerprint density at radius 3 is 2.69 bits per heavy atom. The zero-order valence-corrected chi connectivity index (χ0v) is 8.21. The third kappa shape index (κ3) is 2.68. The standard InChI is InChI=1S/C12H17B/c1-2-6-11(7-3-1)10-12-8-4-5-9-13-12/h4-5,8-9,11H,1-3,6-7,10H2. The quantitative estimate of drug-likeness (QED) is 0.642. The zero-order chi connectivity index (χ0) is 8.93. The van der Waals surface area contributed by atoms with Crippen molar-refractivity contribution in [3.63, 3.8) is 0 Å². The molecule has 0 unspecified atom stereocenters. The van der Waals surface area contributed by atoms with Crippen molar-refractivity contribution in [2.45, 2.75) is 38.5 Å². The molecular weight excluding hydrogens is 155 g/mol. The van der Waals surface area contributed by atoms with Crippen molar-refractivity contribution in [2.75, 3.05) is 0 Å². The Labute approximate surface area is 81.6 Å². The van der Waals surface area contributed by atoms with Crippen LogP contribution in [0.25, 0.3) is 0 Å². The molecule has 0 amide bonds. The first kappa shape index (κ1) is 8.99. The van der Waals surface area contributed by atoms with Crippen molar-refractivity contribution < 1.29 is 0 Å². The Balaban J connectivity index is 1.90. The van der Waals surface area contributed by atoms with E-state index in [0.29, 0.717) is 0 Å². The summed E-state index contributed by atoms with van der Waals surface area (Å²) in [5.41, 5.74) is 1.52. The van der Waals surface area contributed by atoms with Gasteiger partial charge in [0, 0.05) is 0 Å². The molecule has 0 N–H and O–H groups in total. The summed E-state index contributed by atoms with van der Waals surface area (Å²) in [7, 11) is 0. The van der Waals surface area contributed by atoms with Crippen LogP contribution in [-0.4, -0.2) is 6.91 Å². The van der Waals surface area contributed by atoms with Gasteiger partial charge < -0.3 is 0 Å². The maximum absolute atomic E-state index is 2.26. The first-order chi connectivity index (χ1) is 6.45. The van der Waals surface area contributed by atoms with E-state index < -0.39 is 0 Å². The number of hydrogen-bond donors (Lipinski definition) is 0. The van der Waals surface area contributed by atoms with E-state index in [2.05, 4.69) is 31.1 Å². The van der Waals surface area contributed by atoms with Crippen molar-refractivity contribution in [3.8, 4) is 0 Å². The summed E-state index contributed by atoms with van der Waals surface area (Å²) < 4.78 is 0. The first-order valence-corrected chi connectivity index (χ1v) is 5.49. The molecule has 0 radical (unpaired) electrons. The Morgan fingerprint density at radius 1 is 1.15 bits per heavy atom. The minimum absolute atomic E-state index is 0.969. The Kier molecular flexibility index (Phi) is 3.18. The molecule has 1 saturated carbocycles. The van der Waals surface area contributed by atoms with Crippen molar-refractivity contribution in [1.29, 1.82) is 0 Å². The van der Waals surface area contributed by atoms with E-state index in [9.17, 15) is 0 Å². The van der Waals surface area contributed by atoms with Gasteiger partial charge in [-0.1, -0.05) is 0 Å². The molecule has 2 rings (SSSR count). The van der Waals surface area contributed by atoms with Gasteiger partial charge in [0.1, 0.15) is 0 Å². The fraction of sp³-hybridized carbons (Fsp3) is 0.583. The van der Waals surface area contributed by atoms with Crippen LogP contribution in [0.2, 0.25) is 0 Å². The molecular formula is C12H17B. The van der Waals surface area contributed by atoms with Gasteiger partial charge in [-0.3, -0.25) is 0 Å². The van der Waals surface area contributed by atoms with Crippen molar-refractivity contribution >= 4 is 6.91 Å². The summed E-state index contributed by atoms with van der Waals surface area (Å²) >= 11 is 0. The summed E-state index contributed by atoms with van der Waals surface area (Å²) in [6, 6.07) is 6.51. The monoisotopic (exact) mass is 172 g/mol. The van der Waals surface area contributed by atoms with Crippen LogP contribution in [-0.2, 0) is 6.42 Å². The number of rotatable bonds is 2. The third-order valence-electron chi connectivity index (χ3n) is 3.09. The van der Waals surface area contributed by atoms with Gasteiger partial charge in [0.15, 0.2) is 0 Å². The van der Waals surface area contributed by atoms with Gasteiger partial charge >= 0.3 is 81.0 Å². The second-order valence-corrected chi connectivity index (χ2v) is 4.19. The molecule has 0 atom stereocenters. The molecule has 1 fully saturated rings. The van der Waals surface area contributed by atoms with Crippen LogP contribution in [0.1, 0.15) is 37.6 Å². The van der Waals surface area contributed by atoms with Crippen LogP contribution in [0.4, 0.5) is 0 Å². The molecule has 1 aliphatic rings. The van der Waals surface area contributed by atoms with Gasteiger partial charge in [0.25, 0.3) is 0 Å². The summed E-state index contributed by atoms with van der Waals surface area (Å²) in [4.78, 5) is 0. The average molecular weight is 172 g/mol. The molecule has 1 heteroatoms. The normalized spacial score (nSPS) is 18.5. The van der Waals surface area contributed by atoms with E-state index in [0.717, 1.165) is 5.92 Å². The molecule has 13 heavy (non-hydrogen) atoms. The van der Waals surface area contributed by atoms with Gasteiger partial charge in [-0.2, -0.15) is 0 Å². The minimum atomic E-state index is 0.969. The predicted octanol–water partition coefficient (Wildman–Crippen LogP) is 3.15. The topological polar surface area (TPSA) is 0 Å². The molecule has 0 saturated heterocycles. The third-order valence-corrected chi connectivity index (χ3v) is 3.09. The molecule has 1 aliphatic carbocycles. The van der Waals surface area contributed by atoms with Crippen LogP contribution in [0.15, 0.2) is 24.2 Å². The molecule has 0 bridgehead atoms. The van der Waals surface area contributed by atoms with Crippen molar-refractivity contribution in [2.24, 2.45) is 5.92 Å². The van der Waals surface area contributed by atoms with E-state index >= 15 is 0 Å². The summed E-state index contributed by atoms with van der Waals surface area (Å²) in [5, 5.41) is 0. The molecule has 0 spiro atoms. The first-order valence-electron chi connectivity index (χ1n) is 5.49. The van der Waals surface area contributed by atoms with Gasteiger partial charge in [-0.25, -0.2) is 0 Å². The molecule has 0 aliphatic heterocycles. The molecule has 1 heterocycles. The molecule has 0 nitrogen and oxygen atoms in total. The van der Waals surface area contributed by atoms with Gasteiger partial charge in [-0.15, -0.1) is 0 Å². The van der Waals surface area contributed by atoms with E-state index in [1.165, 1.54) is 44.0 Å². The van der Waals surface area contributed by atoms with Gasteiger partial charge in [0.05, 0.1) is 0 Å². The molecule has 1 aromatic heterocycles. The second-order valence-electron chi connectivity index (χ2n) is 4.19. The molecule has 68 valence electrons. The van der Waals surface area contributed by atoms with Crippen LogP contribution in [0.5, 0.6) is 0 Å². The summed E-state index contributed by atoms with van der Waals surface area (Å²) in [6.45, 7) is 2.26. The summed E-state index contributed by atoms with van der Waals surface area (Å²) in [6.07, 6.45) is 8.59. The second kappa shape index (κ2) is 4.60. The fourth-order valence-electron chi connectivity index (χ4n) is 2.34. The van der Waals surface area contributed by atoms with Crippen LogP contribution in [0, 0.1) is 5.92 Å². The van der Waals surface area contributed by atoms with E-state index in [1.54, 1.807) is 0 Å². The van der Waals surface area contributed by atoms with Crippen molar-refractivity contribution in [3.05, 3.63) is 29.6 Å². The molecule has 0 aromatic carbocycles. The van der Waals surface area contributed by atoms with Crippen molar-refractivity contribution in [1.82, 2.24) is 0 Å². The molecule has 1 aromatic rings. The van der Waals surface area contributed by atoms with Crippen LogP contribution >= 0.6 is 0 Å².